The van der Waals surface area contributed by atoms with E-state index in [-0.39, 0.29) is 29.4 Å². The number of nitrogens with zero attached hydrogens (tertiary/aromatic N) is 2. The fourth-order valence-corrected chi connectivity index (χ4v) is 1.58. The van der Waals surface area contributed by atoms with Gasteiger partial charge >= 0.3 is 11.9 Å². The van der Waals surface area contributed by atoms with Gasteiger partial charge in [-0.1, -0.05) is 23.8 Å². The number of amides is 1. The molecular formula is C10H15N3O4S. The molecule has 1 amide bonds. The second-order valence-corrected chi connectivity index (χ2v) is 4.16. The normalized spacial score (nSPS) is 10.1. The molecule has 0 fully saturated rings. The quantitative estimate of drug-likeness (QED) is 0.581. The number of carbonyl (C=O) groups excluding carboxylic acids is 2. The minimum Gasteiger partial charge on any atom is -0.459 e. The molecule has 1 aromatic heterocycles. The Bertz CT molecular complexity index is 408. The first-order valence-corrected chi connectivity index (χ1v) is 6.56. The molecule has 0 unspecified atom stereocenters. The van der Waals surface area contributed by atoms with E-state index >= 15 is 0 Å². The van der Waals surface area contributed by atoms with Gasteiger partial charge in [-0.2, -0.15) is 0 Å². The van der Waals surface area contributed by atoms with E-state index < -0.39 is 5.97 Å². The first-order chi connectivity index (χ1) is 8.67. The standard InChI is InChI=1S/C10H15N3O4S/c1-3-5-11-7(14)6-18-10-13-12-8(17-10)9(15)16-4-2/h3-6H2,1-2H3,(H,11,14). The highest BCUT2D eigenvalue weighted by atomic mass is 32.2. The summed E-state index contributed by atoms with van der Waals surface area (Å²) in [7, 11) is 0. The van der Waals surface area contributed by atoms with E-state index in [1.54, 1.807) is 6.92 Å². The summed E-state index contributed by atoms with van der Waals surface area (Å²) in [4.78, 5) is 22.5. The summed E-state index contributed by atoms with van der Waals surface area (Å²) in [6.45, 7) is 4.53. The van der Waals surface area contributed by atoms with E-state index in [1.807, 2.05) is 6.92 Å². The van der Waals surface area contributed by atoms with Crippen LogP contribution in [0.5, 0.6) is 0 Å². The number of hydrogen-bond acceptors (Lipinski definition) is 7. The van der Waals surface area contributed by atoms with Crippen molar-refractivity contribution in [3.05, 3.63) is 5.89 Å². The zero-order chi connectivity index (χ0) is 13.4. The van der Waals surface area contributed by atoms with Crippen molar-refractivity contribution < 1.29 is 18.7 Å². The van der Waals surface area contributed by atoms with Crippen molar-refractivity contribution in [2.24, 2.45) is 0 Å². The van der Waals surface area contributed by atoms with E-state index in [4.69, 9.17) is 9.15 Å². The van der Waals surface area contributed by atoms with Crippen LogP contribution in [0.4, 0.5) is 0 Å². The molecule has 0 spiro atoms. The molecule has 0 saturated heterocycles. The van der Waals surface area contributed by atoms with Crippen LogP contribution in [0.3, 0.4) is 0 Å². The lowest BCUT2D eigenvalue weighted by atomic mass is 10.5. The smallest absolute Gasteiger partial charge is 0.396 e. The lowest BCUT2D eigenvalue weighted by Gasteiger charge is -2.00. The Morgan fingerprint density at radius 3 is 2.83 bits per heavy atom. The third kappa shape index (κ3) is 4.74. The van der Waals surface area contributed by atoms with Gasteiger partial charge in [0, 0.05) is 6.54 Å². The lowest BCUT2D eigenvalue weighted by Crippen LogP contribution is -2.25. The highest BCUT2D eigenvalue weighted by molar-refractivity contribution is 7.99. The van der Waals surface area contributed by atoms with Crippen molar-refractivity contribution in [3.8, 4) is 0 Å². The van der Waals surface area contributed by atoms with E-state index in [9.17, 15) is 9.59 Å². The van der Waals surface area contributed by atoms with Gasteiger partial charge in [-0.15, -0.1) is 5.10 Å². The van der Waals surface area contributed by atoms with Crippen molar-refractivity contribution in [1.29, 1.82) is 0 Å². The maximum Gasteiger partial charge on any atom is 0.396 e. The molecule has 0 atom stereocenters. The minimum atomic E-state index is -0.660. The van der Waals surface area contributed by atoms with Crippen LogP contribution in [0.25, 0.3) is 0 Å². The molecule has 0 aliphatic heterocycles. The molecule has 18 heavy (non-hydrogen) atoms. The molecule has 1 heterocycles. The zero-order valence-corrected chi connectivity index (χ0v) is 11.1. The molecule has 0 saturated carbocycles. The Morgan fingerprint density at radius 2 is 2.17 bits per heavy atom. The van der Waals surface area contributed by atoms with Gasteiger partial charge < -0.3 is 14.5 Å². The number of aromatic nitrogens is 2. The summed E-state index contributed by atoms with van der Waals surface area (Å²) >= 11 is 1.08. The van der Waals surface area contributed by atoms with Crippen LogP contribution in [0.2, 0.25) is 0 Å². The fraction of sp³-hybridized carbons (Fsp3) is 0.600. The Morgan fingerprint density at radius 1 is 1.39 bits per heavy atom. The summed E-state index contributed by atoms with van der Waals surface area (Å²) in [5.74, 6) is -0.803. The lowest BCUT2D eigenvalue weighted by molar-refractivity contribution is -0.118. The molecule has 1 N–H and O–H groups in total. The monoisotopic (exact) mass is 273 g/mol. The summed E-state index contributed by atoms with van der Waals surface area (Å²) in [6.07, 6.45) is 0.879. The maximum atomic E-state index is 11.3. The van der Waals surface area contributed by atoms with Gasteiger partial charge in [0.05, 0.1) is 12.4 Å². The van der Waals surface area contributed by atoms with Crippen molar-refractivity contribution in [3.63, 3.8) is 0 Å². The molecule has 8 heteroatoms. The van der Waals surface area contributed by atoms with Crippen molar-refractivity contribution in [1.82, 2.24) is 15.5 Å². The van der Waals surface area contributed by atoms with Crippen LogP contribution >= 0.6 is 11.8 Å². The van der Waals surface area contributed by atoms with Crippen LogP contribution < -0.4 is 5.32 Å². The van der Waals surface area contributed by atoms with E-state index in [0.29, 0.717) is 6.54 Å². The maximum absolute atomic E-state index is 11.3. The predicted octanol–water partition coefficient (Wildman–Crippen LogP) is 0.865. The molecule has 7 nitrogen and oxygen atoms in total. The molecule has 1 rings (SSSR count). The van der Waals surface area contributed by atoms with Gasteiger partial charge in [-0.3, -0.25) is 4.79 Å². The van der Waals surface area contributed by atoms with Crippen molar-refractivity contribution in [2.75, 3.05) is 18.9 Å². The fourth-order valence-electron chi connectivity index (χ4n) is 0.986. The molecule has 1 aromatic rings. The topological polar surface area (TPSA) is 94.3 Å². The number of ether oxygens (including phenoxy) is 1. The van der Waals surface area contributed by atoms with Gasteiger partial charge in [-0.05, 0) is 13.3 Å². The highest BCUT2D eigenvalue weighted by Gasteiger charge is 2.16. The van der Waals surface area contributed by atoms with Gasteiger partial charge in [0.2, 0.25) is 5.91 Å². The Kier molecular flexibility index (Phi) is 6.20. The third-order valence-electron chi connectivity index (χ3n) is 1.76. The predicted molar refractivity (Wildman–Crippen MR) is 64.3 cm³/mol. The summed E-state index contributed by atoms with van der Waals surface area (Å²) < 4.78 is 9.74. The van der Waals surface area contributed by atoms with Crippen LogP contribution in [-0.4, -0.2) is 41.0 Å². The number of nitrogens with one attached hydrogen (secondary N) is 1. The van der Waals surface area contributed by atoms with Crippen LogP contribution in [0, 0.1) is 0 Å². The average molecular weight is 273 g/mol. The van der Waals surface area contributed by atoms with Crippen molar-refractivity contribution in [2.45, 2.75) is 25.5 Å². The number of rotatable bonds is 7. The van der Waals surface area contributed by atoms with Crippen molar-refractivity contribution >= 4 is 23.6 Å². The molecule has 0 bridgehead atoms. The number of esters is 1. The first-order valence-electron chi connectivity index (χ1n) is 5.57. The first kappa shape index (κ1) is 14.5. The SMILES string of the molecule is CCCNC(=O)CSc1nnc(C(=O)OCC)o1. The van der Waals surface area contributed by atoms with Gasteiger partial charge in [0.25, 0.3) is 5.22 Å². The Balaban J connectivity index is 2.39. The molecule has 0 radical (unpaired) electrons. The second-order valence-electron chi connectivity index (χ2n) is 3.23. The van der Waals surface area contributed by atoms with Crippen LogP contribution in [0.1, 0.15) is 31.0 Å². The molecule has 0 aliphatic carbocycles. The zero-order valence-electron chi connectivity index (χ0n) is 10.3. The average Bonchev–Trinajstić information content (AvgIpc) is 2.83. The second kappa shape index (κ2) is 7.70. The molecule has 0 aromatic carbocycles. The molecular weight excluding hydrogens is 258 g/mol. The molecule has 0 aliphatic rings. The highest BCUT2D eigenvalue weighted by Crippen LogP contribution is 2.15. The summed E-state index contributed by atoms with van der Waals surface area (Å²) in [5, 5.41) is 10.1. The number of thioether (sulfide) groups is 1. The summed E-state index contributed by atoms with van der Waals surface area (Å²) in [5.41, 5.74) is 0. The minimum absolute atomic E-state index is 0.113. The van der Waals surface area contributed by atoms with Gasteiger partial charge in [-0.25, -0.2) is 4.79 Å². The largest absolute Gasteiger partial charge is 0.459 e. The van der Waals surface area contributed by atoms with E-state index in [2.05, 4.69) is 15.5 Å². The van der Waals surface area contributed by atoms with Crippen LogP contribution in [0.15, 0.2) is 9.64 Å². The van der Waals surface area contributed by atoms with Gasteiger partial charge in [0.15, 0.2) is 0 Å². The van der Waals surface area contributed by atoms with E-state index in [0.717, 1.165) is 18.2 Å². The Labute approximate surface area is 109 Å². The van der Waals surface area contributed by atoms with E-state index in [1.165, 1.54) is 0 Å². The number of hydrogen-bond donors (Lipinski definition) is 1. The Hall–Kier alpha value is -1.57. The molecule has 100 valence electrons. The number of carbonyl (C=O) groups is 2. The third-order valence-corrected chi connectivity index (χ3v) is 2.57. The van der Waals surface area contributed by atoms with Crippen LogP contribution in [-0.2, 0) is 9.53 Å². The summed E-state index contributed by atoms with van der Waals surface area (Å²) in [6, 6.07) is 0. The van der Waals surface area contributed by atoms with Gasteiger partial charge in [0.1, 0.15) is 0 Å².